The highest BCUT2D eigenvalue weighted by molar-refractivity contribution is 5.92. The van der Waals surface area contributed by atoms with Crippen molar-refractivity contribution >= 4 is 29.0 Å². The Morgan fingerprint density at radius 1 is 1.42 bits per heavy atom. The van der Waals surface area contributed by atoms with Gasteiger partial charge >= 0.3 is 0 Å². The fourth-order valence-electron chi connectivity index (χ4n) is 2.33. The molecule has 1 aliphatic rings. The van der Waals surface area contributed by atoms with E-state index in [0.717, 1.165) is 36.1 Å². The lowest BCUT2D eigenvalue weighted by molar-refractivity contribution is 0.794. The Balaban J connectivity index is 0.00000133. The first-order chi connectivity index (χ1) is 8.86. The molecule has 0 aliphatic carbocycles. The minimum Gasteiger partial charge on any atom is -0.380 e. The third-order valence-corrected chi connectivity index (χ3v) is 3.27. The molecule has 1 saturated heterocycles. The minimum atomic E-state index is 0. The summed E-state index contributed by atoms with van der Waals surface area (Å²) in [5, 5.41) is 16.8. The van der Waals surface area contributed by atoms with Crippen LogP contribution in [0.4, 0.5) is 5.69 Å². The highest BCUT2D eigenvalue weighted by atomic mass is 35.5. The SMILES string of the molecule is Cl.N#Cc1cnc2cccc(N[C@H]3CCNC3)c2c1. The molecule has 2 aromatic rings. The van der Waals surface area contributed by atoms with Crippen LogP contribution in [0, 0.1) is 11.3 Å². The molecular formula is C14H15ClN4. The van der Waals surface area contributed by atoms with Gasteiger partial charge < -0.3 is 10.6 Å². The third kappa shape index (κ3) is 2.78. The molecule has 0 amide bonds. The number of anilines is 1. The number of nitrogens with one attached hydrogen (secondary N) is 2. The zero-order chi connectivity index (χ0) is 12.4. The second kappa shape index (κ2) is 5.87. The topological polar surface area (TPSA) is 60.7 Å². The van der Waals surface area contributed by atoms with Gasteiger partial charge in [-0.25, -0.2) is 0 Å². The maximum Gasteiger partial charge on any atom is 0.101 e. The van der Waals surface area contributed by atoms with Crippen LogP contribution in [-0.2, 0) is 0 Å². The molecule has 1 aromatic carbocycles. The van der Waals surface area contributed by atoms with E-state index in [2.05, 4.69) is 21.7 Å². The van der Waals surface area contributed by atoms with Crippen LogP contribution in [0.2, 0.25) is 0 Å². The summed E-state index contributed by atoms with van der Waals surface area (Å²) in [6.07, 6.45) is 2.74. The molecule has 1 fully saturated rings. The summed E-state index contributed by atoms with van der Waals surface area (Å²) in [7, 11) is 0. The van der Waals surface area contributed by atoms with E-state index in [-0.39, 0.29) is 12.4 Å². The third-order valence-electron chi connectivity index (χ3n) is 3.27. The standard InChI is InChI=1S/C14H14N4.ClH/c15-7-10-6-12-13(17-8-10)2-1-3-14(12)18-11-4-5-16-9-11;/h1-3,6,8,11,16,18H,4-5,9H2;1H/t11-;/m0./s1. The molecular weight excluding hydrogens is 260 g/mol. The van der Waals surface area contributed by atoms with Crippen molar-refractivity contribution in [1.82, 2.24) is 10.3 Å². The molecule has 1 aliphatic heterocycles. The molecule has 0 saturated carbocycles. The summed E-state index contributed by atoms with van der Waals surface area (Å²) in [5.74, 6) is 0. The summed E-state index contributed by atoms with van der Waals surface area (Å²) in [5.41, 5.74) is 2.58. The smallest absolute Gasteiger partial charge is 0.101 e. The summed E-state index contributed by atoms with van der Waals surface area (Å²) < 4.78 is 0. The van der Waals surface area contributed by atoms with Gasteiger partial charge in [-0.2, -0.15) is 5.26 Å². The monoisotopic (exact) mass is 274 g/mol. The fraction of sp³-hybridized carbons (Fsp3) is 0.286. The molecule has 0 radical (unpaired) electrons. The Kier molecular flexibility index (Phi) is 4.20. The Morgan fingerprint density at radius 3 is 3.05 bits per heavy atom. The number of pyridine rings is 1. The van der Waals surface area contributed by atoms with Crippen molar-refractivity contribution in [3.63, 3.8) is 0 Å². The van der Waals surface area contributed by atoms with Crippen LogP contribution in [0.25, 0.3) is 10.9 Å². The van der Waals surface area contributed by atoms with Crippen molar-refractivity contribution in [3.05, 3.63) is 36.0 Å². The van der Waals surface area contributed by atoms with Crippen molar-refractivity contribution in [3.8, 4) is 6.07 Å². The molecule has 4 nitrogen and oxygen atoms in total. The number of fused-ring (bicyclic) bond motifs is 1. The van der Waals surface area contributed by atoms with Crippen LogP contribution in [0.3, 0.4) is 0 Å². The van der Waals surface area contributed by atoms with Crippen molar-refractivity contribution in [1.29, 1.82) is 5.26 Å². The van der Waals surface area contributed by atoms with Gasteiger partial charge in [0.2, 0.25) is 0 Å². The molecule has 5 heteroatoms. The van der Waals surface area contributed by atoms with Crippen LogP contribution in [0.5, 0.6) is 0 Å². The highest BCUT2D eigenvalue weighted by Gasteiger charge is 2.15. The Morgan fingerprint density at radius 2 is 2.32 bits per heavy atom. The molecule has 1 aromatic heterocycles. The number of aromatic nitrogens is 1. The molecule has 2 heterocycles. The number of nitriles is 1. The molecule has 0 bridgehead atoms. The Bertz CT molecular complexity index is 614. The van der Waals surface area contributed by atoms with Gasteiger partial charge in [-0.3, -0.25) is 4.98 Å². The Hall–Kier alpha value is -1.83. The lowest BCUT2D eigenvalue weighted by Gasteiger charge is -2.14. The number of benzene rings is 1. The molecule has 98 valence electrons. The van der Waals surface area contributed by atoms with E-state index in [4.69, 9.17) is 5.26 Å². The van der Waals surface area contributed by atoms with E-state index in [1.54, 1.807) is 6.20 Å². The predicted octanol–water partition coefficient (Wildman–Crippen LogP) is 2.30. The maximum absolute atomic E-state index is 8.95. The van der Waals surface area contributed by atoms with E-state index >= 15 is 0 Å². The Labute approximate surface area is 118 Å². The van der Waals surface area contributed by atoms with Gasteiger partial charge in [0.05, 0.1) is 11.1 Å². The van der Waals surface area contributed by atoms with Gasteiger partial charge in [0, 0.05) is 29.9 Å². The number of hydrogen-bond donors (Lipinski definition) is 2. The van der Waals surface area contributed by atoms with Gasteiger partial charge in [-0.15, -0.1) is 12.4 Å². The van der Waals surface area contributed by atoms with Crippen LogP contribution >= 0.6 is 12.4 Å². The first-order valence-electron chi connectivity index (χ1n) is 6.13. The summed E-state index contributed by atoms with van der Waals surface area (Å²) in [4.78, 5) is 4.31. The summed E-state index contributed by atoms with van der Waals surface area (Å²) in [6.45, 7) is 2.05. The average Bonchev–Trinajstić information content (AvgIpc) is 2.91. The van der Waals surface area contributed by atoms with Gasteiger partial charge in [-0.05, 0) is 31.2 Å². The molecule has 19 heavy (non-hydrogen) atoms. The minimum absolute atomic E-state index is 0. The van der Waals surface area contributed by atoms with Crippen molar-refractivity contribution in [2.24, 2.45) is 0 Å². The average molecular weight is 275 g/mol. The van der Waals surface area contributed by atoms with Crippen LogP contribution in [0.15, 0.2) is 30.5 Å². The second-order valence-electron chi connectivity index (χ2n) is 4.54. The zero-order valence-electron chi connectivity index (χ0n) is 10.4. The van der Waals surface area contributed by atoms with Crippen LogP contribution in [0.1, 0.15) is 12.0 Å². The van der Waals surface area contributed by atoms with Gasteiger partial charge in [0.25, 0.3) is 0 Å². The lowest BCUT2D eigenvalue weighted by atomic mass is 10.1. The quantitative estimate of drug-likeness (QED) is 0.882. The van der Waals surface area contributed by atoms with E-state index in [0.29, 0.717) is 11.6 Å². The molecule has 0 spiro atoms. The largest absolute Gasteiger partial charge is 0.380 e. The lowest BCUT2D eigenvalue weighted by Crippen LogP contribution is -2.22. The van der Waals surface area contributed by atoms with Gasteiger partial charge in [-0.1, -0.05) is 6.07 Å². The van der Waals surface area contributed by atoms with Crippen molar-refractivity contribution in [2.45, 2.75) is 12.5 Å². The normalized spacial score (nSPS) is 17.7. The first-order valence-corrected chi connectivity index (χ1v) is 6.13. The van der Waals surface area contributed by atoms with E-state index in [9.17, 15) is 0 Å². The number of rotatable bonds is 2. The highest BCUT2D eigenvalue weighted by Crippen LogP contribution is 2.24. The zero-order valence-corrected chi connectivity index (χ0v) is 11.2. The second-order valence-corrected chi connectivity index (χ2v) is 4.54. The summed E-state index contributed by atoms with van der Waals surface area (Å²) >= 11 is 0. The van der Waals surface area contributed by atoms with E-state index in [1.807, 2.05) is 24.3 Å². The predicted molar refractivity (Wildman–Crippen MR) is 78.6 cm³/mol. The number of halogens is 1. The van der Waals surface area contributed by atoms with Crippen LogP contribution in [-0.4, -0.2) is 24.1 Å². The first kappa shape index (κ1) is 13.6. The number of hydrogen-bond acceptors (Lipinski definition) is 4. The number of nitrogens with zero attached hydrogens (tertiary/aromatic N) is 2. The van der Waals surface area contributed by atoms with Gasteiger partial charge in [0.1, 0.15) is 6.07 Å². The molecule has 0 unspecified atom stereocenters. The van der Waals surface area contributed by atoms with Crippen LogP contribution < -0.4 is 10.6 Å². The maximum atomic E-state index is 8.95. The van der Waals surface area contributed by atoms with Gasteiger partial charge in [0.15, 0.2) is 0 Å². The molecule has 2 N–H and O–H groups in total. The fourth-order valence-corrected chi connectivity index (χ4v) is 2.33. The molecule has 1 atom stereocenters. The molecule has 3 rings (SSSR count). The van der Waals surface area contributed by atoms with Crippen molar-refractivity contribution in [2.75, 3.05) is 18.4 Å². The summed E-state index contributed by atoms with van der Waals surface area (Å²) in [6, 6.07) is 10.5. The van der Waals surface area contributed by atoms with Crippen molar-refractivity contribution < 1.29 is 0 Å². The van der Waals surface area contributed by atoms with E-state index < -0.39 is 0 Å². The van der Waals surface area contributed by atoms with E-state index in [1.165, 1.54) is 0 Å².